The van der Waals surface area contributed by atoms with Gasteiger partial charge in [0.1, 0.15) is 6.10 Å². The van der Waals surface area contributed by atoms with E-state index in [1.165, 1.54) is 0 Å². The molecule has 1 heterocycles. The molecule has 1 N–H and O–H groups in total. The SMILES string of the molecule is CCNC(C)c1nc(C(OC)c2ccccc2)no1. The third-order valence-electron chi connectivity index (χ3n) is 2.91. The van der Waals surface area contributed by atoms with E-state index in [0.717, 1.165) is 12.1 Å². The van der Waals surface area contributed by atoms with Crippen LogP contribution < -0.4 is 5.32 Å². The molecule has 0 saturated heterocycles. The van der Waals surface area contributed by atoms with E-state index < -0.39 is 0 Å². The molecule has 0 aliphatic carbocycles. The molecule has 2 rings (SSSR count). The van der Waals surface area contributed by atoms with Crippen molar-refractivity contribution >= 4 is 0 Å². The standard InChI is InChI=1S/C14H19N3O2/c1-4-15-10(2)14-16-13(17-19-14)12(18-3)11-8-6-5-7-9-11/h5-10,12,15H,4H2,1-3H3. The molecule has 0 fully saturated rings. The minimum absolute atomic E-state index is 0.0412. The van der Waals surface area contributed by atoms with Crippen molar-refractivity contribution < 1.29 is 9.26 Å². The molecule has 0 spiro atoms. The summed E-state index contributed by atoms with van der Waals surface area (Å²) in [4.78, 5) is 4.41. The predicted molar refractivity (Wildman–Crippen MR) is 71.7 cm³/mol. The molecule has 0 amide bonds. The topological polar surface area (TPSA) is 60.2 Å². The minimum atomic E-state index is -0.299. The molecule has 19 heavy (non-hydrogen) atoms. The molecule has 2 unspecified atom stereocenters. The zero-order chi connectivity index (χ0) is 13.7. The van der Waals surface area contributed by atoms with Crippen LogP contribution in [0.4, 0.5) is 0 Å². The van der Waals surface area contributed by atoms with Crippen molar-refractivity contribution in [3.63, 3.8) is 0 Å². The van der Waals surface area contributed by atoms with E-state index in [0.29, 0.717) is 11.7 Å². The van der Waals surface area contributed by atoms with Crippen LogP contribution in [-0.2, 0) is 4.74 Å². The molecule has 5 nitrogen and oxygen atoms in total. The molecule has 0 aliphatic rings. The Morgan fingerprint density at radius 1 is 1.32 bits per heavy atom. The monoisotopic (exact) mass is 261 g/mol. The van der Waals surface area contributed by atoms with E-state index in [4.69, 9.17) is 9.26 Å². The summed E-state index contributed by atoms with van der Waals surface area (Å²) in [5.41, 5.74) is 1.01. The summed E-state index contributed by atoms with van der Waals surface area (Å²) in [5, 5.41) is 7.25. The lowest BCUT2D eigenvalue weighted by molar-refractivity contribution is 0.126. The first-order valence-corrected chi connectivity index (χ1v) is 6.40. The van der Waals surface area contributed by atoms with Crippen LogP contribution in [0.25, 0.3) is 0 Å². The fraction of sp³-hybridized carbons (Fsp3) is 0.429. The fourth-order valence-electron chi connectivity index (χ4n) is 1.94. The maximum Gasteiger partial charge on any atom is 0.243 e. The number of nitrogens with one attached hydrogen (secondary N) is 1. The molecule has 0 aliphatic heterocycles. The third kappa shape index (κ3) is 3.19. The zero-order valence-corrected chi connectivity index (χ0v) is 11.5. The summed E-state index contributed by atoms with van der Waals surface area (Å²) in [6, 6.07) is 9.90. The van der Waals surface area contributed by atoms with Gasteiger partial charge in [0.2, 0.25) is 11.7 Å². The number of aromatic nitrogens is 2. The number of rotatable bonds is 6. The third-order valence-corrected chi connectivity index (χ3v) is 2.91. The Morgan fingerprint density at radius 2 is 2.05 bits per heavy atom. The van der Waals surface area contributed by atoms with Crippen LogP contribution in [0.15, 0.2) is 34.9 Å². The number of hydrogen-bond acceptors (Lipinski definition) is 5. The molecule has 1 aromatic carbocycles. The highest BCUT2D eigenvalue weighted by atomic mass is 16.5. The van der Waals surface area contributed by atoms with E-state index in [1.54, 1.807) is 7.11 Å². The largest absolute Gasteiger partial charge is 0.369 e. The number of nitrogens with zero attached hydrogens (tertiary/aromatic N) is 2. The van der Waals surface area contributed by atoms with E-state index in [-0.39, 0.29) is 12.1 Å². The first-order chi connectivity index (χ1) is 9.26. The Labute approximate surface area is 113 Å². The lowest BCUT2D eigenvalue weighted by atomic mass is 10.1. The quantitative estimate of drug-likeness (QED) is 0.865. The molecule has 0 bridgehead atoms. The first kappa shape index (κ1) is 13.7. The van der Waals surface area contributed by atoms with Crippen molar-refractivity contribution in [2.45, 2.75) is 26.0 Å². The van der Waals surface area contributed by atoms with Gasteiger partial charge in [-0.1, -0.05) is 42.4 Å². The Morgan fingerprint density at radius 3 is 2.68 bits per heavy atom. The Kier molecular flexibility index (Phi) is 4.65. The minimum Gasteiger partial charge on any atom is -0.369 e. The summed E-state index contributed by atoms with van der Waals surface area (Å²) >= 11 is 0. The van der Waals surface area contributed by atoms with Gasteiger partial charge >= 0.3 is 0 Å². The number of methoxy groups -OCH3 is 1. The summed E-state index contributed by atoms with van der Waals surface area (Å²) in [6.45, 7) is 4.88. The van der Waals surface area contributed by atoms with Gasteiger partial charge in [0.25, 0.3) is 0 Å². The Balaban J connectivity index is 2.21. The Hall–Kier alpha value is -1.72. The van der Waals surface area contributed by atoms with Crippen molar-refractivity contribution in [2.24, 2.45) is 0 Å². The van der Waals surface area contributed by atoms with Crippen LogP contribution in [0.2, 0.25) is 0 Å². The van der Waals surface area contributed by atoms with Gasteiger partial charge in [-0.15, -0.1) is 0 Å². The predicted octanol–water partition coefficient (Wildman–Crippen LogP) is 2.48. The molecule has 1 aromatic heterocycles. The van der Waals surface area contributed by atoms with Gasteiger partial charge in [-0.3, -0.25) is 0 Å². The van der Waals surface area contributed by atoms with E-state index in [2.05, 4.69) is 15.5 Å². The van der Waals surface area contributed by atoms with E-state index in [1.807, 2.05) is 44.2 Å². The number of hydrogen-bond donors (Lipinski definition) is 1. The van der Waals surface area contributed by atoms with Crippen LogP contribution in [-0.4, -0.2) is 23.8 Å². The second-order valence-electron chi connectivity index (χ2n) is 4.30. The van der Waals surface area contributed by atoms with Crippen LogP contribution >= 0.6 is 0 Å². The molecular weight excluding hydrogens is 242 g/mol. The average Bonchev–Trinajstić information content (AvgIpc) is 2.91. The van der Waals surface area contributed by atoms with Gasteiger partial charge in [0.05, 0.1) is 6.04 Å². The van der Waals surface area contributed by atoms with Gasteiger partial charge in [0.15, 0.2) is 0 Å². The highest BCUT2D eigenvalue weighted by molar-refractivity contribution is 5.22. The van der Waals surface area contributed by atoms with Crippen LogP contribution in [0.3, 0.4) is 0 Å². The molecule has 102 valence electrons. The van der Waals surface area contributed by atoms with Crippen molar-refractivity contribution in [1.29, 1.82) is 0 Å². The van der Waals surface area contributed by atoms with Crippen molar-refractivity contribution in [1.82, 2.24) is 15.5 Å². The molecule has 0 radical (unpaired) electrons. The second kappa shape index (κ2) is 6.45. The smallest absolute Gasteiger partial charge is 0.243 e. The molecule has 2 atom stereocenters. The first-order valence-electron chi connectivity index (χ1n) is 6.40. The summed E-state index contributed by atoms with van der Waals surface area (Å²) in [7, 11) is 1.64. The molecule has 2 aromatic rings. The Bertz CT molecular complexity index is 498. The highest BCUT2D eigenvalue weighted by Crippen LogP contribution is 2.23. The average molecular weight is 261 g/mol. The lowest BCUT2D eigenvalue weighted by Crippen LogP contribution is -2.18. The highest BCUT2D eigenvalue weighted by Gasteiger charge is 2.21. The van der Waals surface area contributed by atoms with Crippen LogP contribution in [0, 0.1) is 0 Å². The molecule has 5 heteroatoms. The maximum atomic E-state index is 5.47. The van der Waals surface area contributed by atoms with Gasteiger partial charge in [0, 0.05) is 7.11 Å². The molecule has 0 saturated carbocycles. The summed E-state index contributed by atoms with van der Waals surface area (Å²) in [5.74, 6) is 1.13. The van der Waals surface area contributed by atoms with Crippen LogP contribution in [0.1, 0.15) is 43.3 Å². The normalized spacial score (nSPS) is 14.3. The van der Waals surface area contributed by atoms with Gasteiger partial charge < -0.3 is 14.6 Å². The fourth-order valence-corrected chi connectivity index (χ4v) is 1.94. The molecular formula is C14H19N3O2. The second-order valence-corrected chi connectivity index (χ2v) is 4.30. The maximum absolute atomic E-state index is 5.47. The number of benzene rings is 1. The van der Waals surface area contributed by atoms with Gasteiger partial charge in [-0.25, -0.2) is 0 Å². The summed E-state index contributed by atoms with van der Waals surface area (Å²) in [6.07, 6.45) is -0.299. The lowest BCUT2D eigenvalue weighted by Gasteiger charge is -2.11. The number of ether oxygens (including phenoxy) is 1. The van der Waals surface area contributed by atoms with Crippen molar-refractivity contribution in [3.8, 4) is 0 Å². The summed E-state index contributed by atoms with van der Waals surface area (Å²) < 4.78 is 10.7. The van der Waals surface area contributed by atoms with Crippen LogP contribution in [0.5, 0.6) is 0 Å². The van der Waals surface area contributed by atoms with E-state index >= 15 is 0 Å². The van der Waals surface area contributed by atoms with Gasteiger partial charge in [-0.05, 0) is 19.0 Å². The van der Waals surface area contributed by atoms with E-state index in [9.17, 15) is 0 Å². The van der Waals surface area contributed by atoms with Crippen molar-refractivity contribution in [3.05, 3.63) is 47.6 Å². The zero-order valence-electron chi connectivity index (χ0n) is 11.5. The van der Waals surface area contributed by atoms with Crippen molar-refractivity contribution in [2.75, 3.05) is 13.7 Å². The van der Waals surface area contributed by atoms with Gasteiger partial charge in [-0.2, -0.15) is 4.98 Å².